The number of carbonyl (C=O) groups is 2. The van der Waals surface area contributed by atoms with Crippen molar-refractivity contribution in [2.24, 2.45) is 5.92 Å². The topological polar surface area (TPSA) is 49.9 Å². The standard InChI is InChI=1S/C17H22N2O3S/c1-18-15-10-19(7-6-12(15)8-16(18)20)17(21)11-23-14-5-3-4-13(9-14)22-2/h3-5,9,12,15H,6-8,10-11H2,1-2H3/t12-,15-/m1/s1. The number of hydrogen-bond acceptors (Lipinski definition) is 4. The molecule has 2 saturated heterocycles. The summed E-state index contributed by atoms with van der Waals surface area (Å²) in [6.07, 6.45) is 1.57. The van der Waals surface area contributed by atoms with E-state index in [-0.39, 0.29) is 17.9 Å². The first kappa shape index (κ1) is 16.2. The van der Waals surface area contributed by atoms with Gasteiger partial charge in [-0.15, -0.1) is 11.8 Å². The zero-order valence-electron chi connectivity index (χ0n) is 13.5. The van der Waals surface area contributed by atoms with Gasteiger partial charge in [-0.2, -0.15) is 0 Å². The summed E-state index contributed by atoms with van der Waals surface area (Å²) in [7, 11) is 3.49. The number of amides is 2. The lowest BCUT2D eigenvalue weighted by Gasteiger charge is -2.37. The molecule has 23 heavy (non-hydrogen) atoms. The third-order valence-electron chi connectivity index (χ3n) is 4.81. The monoisotopic (exact) mass is 334 g/mol. The number of hydrogen-bond donors (Lipinski definition) is 0. The average Bonchev–Trinajstić information content (AvgIpc) is 2.87. The first-order valence-electron chi connectivity index (χ1n) is 7.89. The van der Waals surface area contributed by atoms with Crippen LogP contribution in [0.5, 0.6) is 5.75 Å². The van der Waals surface area contributed by atoms with E-state index in [1.165, 1.54) is 11.8 Å². The molecule has 0 bridgehead atoms. The molecule has 2 aliphatic rings. The fraction of sp³-hybridized carbons (Fsp3) is 0.529. The maximum atomic E-state index is 12.5. The molecule has 2 aliphatic heterocycles. The molecular formula is C17H22N2O3S. The Labute approximate surface area is 141 Å². The lowest BCUT2D eigenvalue weighted by Crippen LogP contribution is -2.50. The first-order chi connectivity index (χ1) is 11.1. The summed E-state index contributed by atoms with van der Waals surface area (Å²) >= 11 is 1.53. The fourth-order valence-corrected chi connectivity index (χ4v) is 4.21. The van der Waals surface area contributed by atoms with Crippen LogP contribution in [0.1, 0.15) is 12.8 Å². The number of fused-ring (bicyclic) bond motifs is 1. The van der Waals surface area contributed by atoms with Crippen LogP contribution in [0.2, 0.25) is 0 Å². The van der Waals surface area contributed by atoms with Crippen molar-refractivity contribution in [2.45, 2.75) is 23.8 Å². The van der Waals surface area contributed by atoms with E-state index < -0.39 is 0 Å². The second kappa shape index (κ2) is 6.83. The van der Waals surface area contributed by atoms with E-state index in [0.29, 0.717) is 24.6 Å². The molecular weight excluding hydrogens is 312 g/mol. The van der Waals surface area contributed by atoms with E-state index in [9.17, 15) is 9.59 Å². The van der Waals surface area contributed by atoms with Gasteiger partial charge in [-0.3, -0.25) is 9.59 Å². The molecule has 2 atom stereocenters. The van der Waals surface area contributed by atoms with Crippen molar-refractivity contribution in [3.05, 3.63) is 24.3 Å². The Kier molecular flexibility index (Phi) is 4.80. The minimum atomic E-state index is 0.143. The van der Waals surface area contributed by atoms with Crippen molar-refractivity contribution >= 4 is 23.6 Å². The van der Waals surface area contributed by atoms with Gasteiger partial charge < -0.3 is 14.5 Å². The Morgan fingerprint density at radius 3 is 3.04 bits per heavy atom. The molecule has 0 spiro atoms. The number of ether oxygens (including phenoxy) is 1. The van der Waals surface area contributed by atoms with Gasteiger partial charge in [0.15, 0.2) is 0 Å². The largest absolute Gasteiger partial charge is 0.497 e. The summed E-state index contributed by atoms with van der Waals surface area (Å²) < 4.78 is 5.20. The van der Waals surface area contributed by atoms with Crippen LogP contribution >= 0.6 is 11.8 Å². The molecule has 3 rings (SSSR count). The van der Waals surface area contributed by atoms with Crippen LogP contribution in [0.3, 0.4) is 0 Å². The van der Waals surface area contributed by atoms with Crippen LogP contribution in [-0.2, 0) is 9.59 Å². The van der Waals surface area contributed by atoms with E-state index >= 15 is 0 Å². The molecule has 124 valence electrons. The normalized spacial score (nSPS) is 23.8. The van der Waals surface area contributed by atoms with Crippen molar-refractivity contribution < 1.29 is 14.3 Å². The van der Waals surface area contributed by atoms with Crippen LogP contribution in [0.15, 0.2) is 29.2 Å². The molecule has 2 fully saturated rings. The number of piperidine rings is 1. The fourth-order valence-electron chi connectivity index (χ4n) is 3.36. The van der Waals surface area contributed by atoms with Crippen molar-refractivity contribution in [3.63, 3.8) is 0 Å². The molecule has 0 aliphatic carbocycles. The molecule has 0 saturated carbocycles. The molecule has 6 heteroatoms. The maximum absolute atomic E-state index is 12.5. The number of benzene rings is 1. The highest BCUT2D eigenvalue weighted by atomic mass is 32.2. The van der Waals surface area contributed by atoms with Gasteiger partial charge in [0.2, 0.25) is 11.8 Å². The molecule has 0 aromatic heterocycles. The molecule has 0 N–H and O–H groups in total. The van der Waals surface area contributed by atoms with Gasteiger partial charge in [0.1, 0.15) is 5.75 Å². The van der Waals surface area contributed by atoms with E-state index in [2.05, 4.69) is 0 Å². The summed E-state index contributed by atoms with van der Waals surface area (Å²) in [5.41, 5.74) is 0. The van der Waals surface area contributed by atoms with Crippen LogP contribution in [0, 0.1) is 5.92 Å². The number of thioether (sulfide) groups is 1. The highest BCUT2D eigenvalue weighted by Crippen LogP contribution is 2.32. The predicted molar refractivity (Wildman–Crippen MR) is 89.6 cm³/mol. The summed E-state index contributed by atoms with van der Waals surface area (Å²) in [4.78, 5) is 29.0. The maximum Gasteiger partial charge on any atom is 0.233 e. The van der Waals surface area contributed by atoms with E-state index in [4.69, 9.17) is 4.74 Å². The van der Waals surface area contributed by atoms with Crippen LogP contribution in [0.4, 0.5) is 0 Å². The number of methoxy groups -OCH3 is 1. The zero-order chi connectivity index (χ0) is 16.4. The Hall–Kier alpha value is -1.69. The first-order valence-corrected chi connectivity index (χ1v) is 8.87. The van der Waals surface area contributed by atoms with Gasteiger partial charge in [-0.1, -0.05) is 6.07 Å². The highest BCUT2D eigenvalue weighted by molar-refractivity contribution is 8.00. The minimum absolute atomic E-state index is 0.143. The Balaban J connectivity index is 1.55. The lowest BCUT2D eigenvalue weighted by atomic mass is 9.92. The lowest BCUT2D eigenvalue weighted by molar-refractivity contribution is -0.132. The van der Waals surface area contributed by atoms with Gasteiger partial charge in [-0.05, 0) is 30.5 Å². The van der Waals surface area contributed by atoms with Gasteiger partial charge in [-0.25, -0.2) is 0 Å². The second-order valence-corrected chi connectivity index (χ2v) is 7.18. The number of rotatable bonds is 4. The quantitative estimate of drug-likeness (QED) is 0.789. The van der Waals surface area contributed by atoms with E-state index in [0.717, 1.165) is 23.6 Å². The number of likely N-dealkylation sites (N-methyl/N-ethyl adjacent to an activating group) is 1. The third kappa shape index (κ3) is 3.47. The molecule has 1 aromatic carbocycles. The van der Waals surface area contributed by atoms with E-state index in [1.54, 1.807) is 7.11 Å². The van der Waals surface area contributed by atoms with Crippen molar-refractivity contribution in [2.75, 3.05) is 33.0 Å². The van der Waals surface area contributed by atoms with Gasteiger partial charge in [0.05, 0.1) is 18.9 Å². The smallest absolute Gasteiger partial charge is 0.233 e. The summed E-state index contributed by atoms with van der Waals surface area (Å²) in [6, 6.07) is 7.94. The number of likely N-dealkylation sites (tertiary alicyclic amines) is 2. The van der Waals surface area contributed by atoms with Crippen molar-refractivity contribution in [1.82, 2.24) is 9.80 Å². The zero-order valence-corrected chi connectivity index (χ0v) is 14.3. The van der Waals surface area contributed by atoms with Crippen LogP contribution in [-0.4, -0.2) is 60.7 Å². The minimum Gasteiger partial charge on any atom is -0.497 e. The SMILES string of the molecule is COc1cccc(SCC(=O)N2CC[C@@H]3CC(=O)N(C)[C@@H]3C2)c1. The number of carbonyl (C=O) groups excluding carboxylic acids is 2. The summed E-state index contributed by atoms with van der Waals surface area (Å²) in [6.45, 7) is 1.43. The Bertz CT molecular complexity index is 607. The average molecular weight is 334 g/mol. The molecule has 5 nitrogen and oxygen atoms in total. The van der Waals surface area contributed by atoms with Crippen molar-refractivity contribution in [1.29, 1.82) is 0 Å². The van der Waals surface area contributed by atoms with E-state index in [1.807, 2.05) is 41.1 Å². The molecule has 2 heterocycles. The summed E-state index contributed by atoms with van der Waals surface area (Å²) in [5.74, 6) is 1.99. The Morgan fingerprint density at radius 2 is 2.26 bits per heavy atom. The Morgan fingerprint density at radius 1 is 1.43 bits per heavy atom. The van der Waals surface area contributed by atoms with Crippen LogP contribution < -0.4 is 4.74 Å². The number of nitrogens with zero attached hydrogens (tertiary/aromatic N) is 2. The van der Waals surface area contributed by atoms with Gasteiger partial charge >= 0.3 is 0 Å². The van der Waals surface area contributed by atoms with Crippen LogP contribution in [0.25, 0.3) is 0 Å². The van der Waals surface area contributed by atoms with Gasteiger partial charge in [0.25, 0.3) is 0 Å². The van der Waals surface area contributed by atoms with Crippen molar-refractivity contribution in [3.8, 4) is 5.75 Å². The predicted octanol–water partition coefficient (Wildman–Crippen LogP) is 1.87. The van der Waals surface area contributed by atoms with Gasteiger partial charge in [0, 0.05) is 31.5 Å². The third-order valence-corrected chi connectivity index (χ3v) is 5.78. The molecule has 0 radical (unpaired) electrons. The second-order valence-electron chi connectivity index (χ2n) is 6.13. The molecule has 0 unspecified atom stereocenters. The summed E-state index contributed by atoms with van der Waals surface area (Å²) in [5, 5.41) is 0. The molecule has 2 amide bonds. The molecule has 1 aromatic rings. The highest BCUT2D eigenvalue weighted by Gasteiger charge is 2.41.